The van der Waals surface area contributed by atoms with Gasteiger partial charge in [-0.2, -0.15) is 0 Å². The summed E-state index contributed by atoms with van der Waals surface area (Å²) in [6.07, 6.45) is 1.85. The van der Waals surface area contributed by atoms with Gasteiger partial charge in [0.15, 0.2) is 0 Å². The predicted octanol–water partition coefficient (Wildman–Crippen LogP) is 3.22. The maximum atomic E-state index is 13.9. The molecule has 2 aromatic carbocycles. The Morgan fingerprint density at radius 1 is 1.14 bits per heavy atom. The summed E-state index contributed by atoms with van der Waals surface area (Å²) in [7, 11) is -4.46. The van der Waals surface area contributed by atoms with E-state index in [1.807, 2.05) is 0 Å². The van der Waals surface area contributed by atoms with Gasteiger partial charge in [0.1, 0.15) is 22.3 Å². The molecule has 0 saturated heterocycles. The highest BCUT2D eigenvalue weighted by atomic mass is 32.2. The number of hydrogen-bond acceptors (Lipinski definition) is 5. The standard InChI is InChI=1S/C18H14F2N2O5S/c19-10-2-3-16(14(20)6-10)28(26,27)21-11-7-13-12(15(8-11)22(24)25)9-17(23)18(13)4-1-5-18/h2-3,6-8,21H,1,4-5,9H2. The van der Waals surface area contributed by atoms with Crippen molar-refractivity contribution in [1.29, 1.82) is 0 Å². The summed E-state index contributed by atoms with van der Waals surface area (Å²) in [5.41, 5.74) is -0.550. The summed E-state index contributed by atoms with van der Waals surface area (Å²) in [6, 6.07) is 4.42. The Kier molecular flexibility index (Phi) is 4.00. The van der Waals surface area contributed by atoms with Gasteiger partial charge in [-0.15, -0.1) is 0 Å². The van der Waals surface area contributed by atoms with Gasteiger partial charge in [0.2, 0.25) is 0 Å². The number of hydrogen-bond donors (Lipinski definition) is 1. The van der Waals surface area contributed by atoms with Gasteiger partial charge < -0.3 is 0 Å². The monoisotopic (exact) mass is 408 g/mol. The average Bonchev–Trinajstić information content (AvgIpc) is 2.84. The third-order valence-corrected chi connectivity index (χ3v) is 6.87. The number of ketones is 1. The van der Waals surface area contributed by atoms with Crippen LogP contribution >= 0.6 is 0 Å². The van der Waals surface area contributed by atoms with Gasteiger partial charge in [-0.25, -0.2) is 17.2 Å². The second kappa shape index (κ2) is 6.06. The molecule has 10 heteroatoms. The first-order valence-corrected chi connectivity index (χ1v) is 9.95. The third-order valence-electron chi connectivity index (χ3n) is 5.45. The zero-order chi connectivity index (χ0) is 20.3. The molecule has 0 heterocycles. The van der Waals surface area contributed by atoms with E-state index in [0.29, 0.717) is 30.0 Å². The molecule has 1 fully saturated rings. The molecule has 2 aromatic rings. The van der Waals surface area contributed by atoms with Crippen molar-refractivity contribution in [3.63, 3.8) is 0 Å². The van der Waals surface area contributed by atoms with E-state index in [0.717, 1.165) is 24.6 Å². The quantitative estimate of drug-likeness (QED) is 0.618. The predicted molar refractivity (Wildman–Crippen MR) is 94.5 cm³/mol. The first kappa shape index (κ1) is 18.5. The summed E-state index contributed by atoms with van der Waals surface area (Å²) in [6.45, 7) is 0. The lowest BCUT2D eigenvalue weighted by molar-refractivity contribution is -0.385. The second-order valence-electron chi connectivity index (χ2n) is 6.99. The summed E-state index contributed by atoms with van der Waals surface area (Å²) >= 11 is 0. The minimum Gasteiger partial charge on any atom is -0.298 e. The molecule has 0 unspecified atom stereocenters. The Bertz CT molecular complexity index is 1140. The number of fused-ring (bicyclic) bond motifs is 2. The average molecular weight is 408 g/mol. The van der Waals surface area contributed by atoms with Crippen LogP contribution in [0.1, 0.15) is 30.4 Å². The first-order chi connectivity index (χ1) is 13.1. The topological polar surface area (TPSA) is 106 Å². The number of halogens is 2. The van der Waals surface area contributed by atoms with Gasteiger partial charge in [0.25, 0.3) is 15.7 Å². The largest absolute Gasteiger partial charge is 0.298 e. The van der Waals surface area contributed by atoms with Crippen molar-refractivity contribution < 1.29 is 26.9 Å². The molecule has 0 amide bonds. The highest BCUT2D eigenvalue weighted by Gasteiger charge is 2.52. The molecule has 4 rings (SSSR count). The highest BCUT2D eigenvalue weighted by molar-refractivity contribution is 7.92. The summed E-state index contributed by atoms with van der Waals surface area (Å²) in [5, 5.41) is 11.5. The van der Waals surface area contributed by atoms with Crippen molar-refractivity contribution in [3.05, 3.63) is 63.2 Å². The van der Waals surface area contributed by atoms with E-state index in [1.54, 1.807) is 0 Å². The molecule has 0 radical (unpaired) electrons. The van der Waals surface area contributed by atoms with E-state index in [1.165, 1.54) is 6.07 Å². The maximum Gasteiger partial charge on any atom is 0.275 e. The molecule has 1 N–H and O–H groups in total. The van der Waals surface area contributed by atoms with E-state index in [-0.39, 0.29) is 23.6 Å². The number of Topliss-reactive ketones (excluding diaryl/α,β-unsaturated/α-hetero) is 1. The Balaban J connectivity index is 1.80. The molecule has 0 bridgehead atoms. The zero-order valence-corrected chi connectivity index (χ0v) is 15.2. The molecule has 1 spiro atoms. The first-order valence-electron chi connectivity index (χ1n) is 8.47. The molecular formula is C18H14F2N2O5S. The molecule has 0 aliphatic heterocycles. The number of anilines is 1. The van der Waals surface area contributed by atoms with Crippen LogP contribution in [0.15, 0.2) is 35.2 Å². The number of nitrogens with zero attached hydrogens (tertiary/aromatic N) is 1. The van der Waals surface area contributed by atoms with Gasteiger partial charge >= 0.3 is 0 Å². The molecule has 146 valence electrons. The normalized spacial score (nSPS) is 17.3. The van der Waals surface area contributed by atoms with Gasteiger partial charge in [-0.1, -0.05) is 6.42 Å². The van der Waals surface area contributed by atoms with Crippen LogP contribution in [0.25, 0.3) is 0 Å². The van der Waals surface area contributed by atoms with Crippen molar-refractivity contribution in [2.24, 2.45) is 0 Å². The lowest BCUT2D eigenvalue weighted by atomic mass is 9.64. The lowest BCUT2D eigenvalue weighted by Crippen LogP contribution is -2.39. The fraction of sp³-hybridized carbons (Fsp3) is 0.278. The van der Waals surface area contributed by atoms with Crippen LogP contribution in [0.2, 0.25) is 0 Å². The Labute approximate surface area is 158 Å². The number of nitro groups is 1. The van der Waals surface area contributed by atoms with Crippen molar-refractivity contribution in [2.75, 3.05) is 4.72 Å². The molecule has 2 aliphatic rings. The Morgan fingerprint density at radius 3 is 2.43 bits per heavy atom. The number of carbonyl (C=O) groups is 1. The van der Waals surface area contributed by atoms with E-state index < -0.39 is 36.9 Å². The van der Waals surface area contributed by atoms with Crippen LogP contribution < -0.4 is 4.72 Å². The van der Waals surface area contributed by atoms with Crippen molar-refractivity contribution in [3.8, 4) is 0 Å². The van der Waals surface area contributed by atoms with E-state index in [2.05, 4.69) is 4.72 Å². The Hall–Kier alpha value is -2.88. The molecule has 0 aromatic heterocycles. The number of sulfonamides is 1. The SMILES string of the molecule is O=C1Cc2c([N+](=O)[O-])cc(NS(=O)(=O)c3ccc(F)cc3F)cc2C12CCC2. The molecule has 2 aliphatic carbocycles. The van der Waals surface area contributed by atoms with Crippen molar-refractivity contribution in [1.82, 2.24) is 0 Å². The number of nitro benzene ring substituents is 1. The van der Waals surface area contributed by atoms with Crippen LogP contribution in [-0.4, -0.2) is 19.1 Å². The summed E-state index contributed by atoms with van der Waals surface area (Å²) < 4.78 is 54.1. The molecular weight excluding hydrogens is 394 g/mol. The fourth-order valence-corrected chi connectivity index (χ4v) is 5.05. The minimum absolute atomic E-state index is 0.0642. The number of rotatable bonds is 4. The van der Waals surface area contributed by atoms with Crippen molar-refractivity contribution >= 4 is 27.2 Å². The van der Waals surface area contributed by atoms with Crippen LogP contribution in [0.3, 0.4) is 0 Å². The number of nitrogens with one attached hydrogen (secondary N) is 1. The molecule has 7 nitrogen and oxygen atoms in total. The van der Waals surface area contributed by atoms with Crippen LogP contribution in [-0.2, 0) is 26.7 Å². The number of benzene rings is 2. The van der Waals surface area contributed by atoms with Gasteiger partial charge in [0.05, 0.1) is 16.0 Å². The Morgan fingerprint density at radius 2 is 1.86 bits per heavy atom. The number of carbonyl (C=O) groups excluding carboxylic acids is 1. The smallest absolute Gasteiger partial charge is 0.275 e. The third kappa shape index (κ3) is 2.67. The van der Waals surface area contributed by atoms with Crippen molar-refractivity contribution in [2.45, 2.75) is 36.0 Å². The minimum atomic E-state index is -4.46. The van der Waals surface area contributed by atoms with Gasteiger partial charge in [-0.05, 0) is 36.6 Å². The molecule has 1 saturated carbocycles. The molecule has 28 heavy (non-hydrogen) atoms. The van der Waals surface area contributed by atoms with Gasteiger partial charge in [-0.3, -0.25) is 19.6 Å². The highest BCUT2D eigenvalue weighted by Crippen LogP contribution is 2.53. The summed E-state index contributed by atoms with van der Waals surface area (Å²) in [5.74, 6) is -2.33. The zero-order valence-electron chi connectivity index (χ0n) is 14.4. The lowest BCUT2D eigenvalue weighted by Gasteiger charge is -2.37. The summed E-state index contributed by atoms with van der Waals surface area (Å²) in [4.78, 5) is 22.5. The fourth-order valence-electron chi connectivity index (χ4n) is 3.95. The second-order valence-corrected chi connectivity index (χ2v) is 8.65. The van der Waals surface area contributed by atoms with Crippen LogP contribution in [0.5, 0.6) is 0 Å². The van der Waals surface area contributed by atoms with Crippen LogP contribution in [0, 0.1) is 21.7 Å². The van der Waals surface area contributed by atoms with E-state index in [9.17, 15) is 32.1 Å². The maximum absolute atomic E-state index is 13.9. The molecule has 0 atom stereocenters. The van der Waals surface area contributed by atoms with Gasteiger partial charge in [0, 0.05) is 24.1 Å². The van der Waals surface area contributed by atoms with E-state index >= 15 is 0 Å². The van der Waals surface area contributed by atoms with Crippen LogP contribution in [0.4, 0.5) is 20.2 Å². The van der Waals surface area contributed by atoms with E-state index in [4.69, 9.17) is 0 Å².